The lowest BCUT2D eigenvalue weighted by Crippen LogP contribution is -2.35. The maximum absolute atomic E-state index is 13.0. The topological polar surface area (TPSA) is 79.3 Å². The molecule has 162 valence electrons. The molecule has 0 bridgehead atoms. The number of fused-ring (bicyclic) bond motifs is 1. The number of rotatable bonds is 5. The fourth-order valence-electron chi connectivity index (χ4n) is 3.65. The normalized spacial score (nSPS) is 19.5. The summed E-state index contributed by atoms with van der Waals surface area (Å²) in [5.41, 5.74) is 0.913. The van der Waals surface area contributed by atoms with Gasteiger partial charge in [-0.1, -0.05) is 29.3 Å². The van der Waals surface area contributed by atoms with E-state index in [9.17, 15) is 14.7 Å². The van der Waals surface area contributed by atoms with Gasteiger partial charge in [-0.25, -0.2) is 0 Å². The molecule has 1 saturated heterocycles. The Labute approximate surface area is 189 Å². The third kappa shape index (κ3) is 3.96. The number of Topliss-reactive ketones (excluding diaryl/α,β-unsaturated/α-hetero) is 1. The Bertz CT molecular complexity index is 1100. The largest absolute Gasteiger partial charge is 0.507 e. The third-order valence-corrected chi connectivity index (χ3v) is 5.97. The maximum Gasteiger partial charge on any atom is 0.295 e. The Morgan fingerprint density at radius 2 is 1.84 bits per heavy atom. The summed E-state index contributed by atoms with van der Waals surface area (Å²) in [6, 6.07) is 8.94. The average molecular weight is 463 g/mol. The summed E-state index contributed by atoms with van der Waals surface area (Å²) < 4.78 is 10.7. The van der Waals surface area contributed by atoms with Crippen molar-refractivity contribution in [2.24, 2.45) is 0 Å². The highest BCUT2D eigenvalue weighted by molar-refractivity contribution is 6.46. The van der Waals surface area contributed by atoms with Gasteiger partial charge in [-0.05, 0) is 50.0 Å². The van der Waals surface area contributed by atoms with Gasteiger partial charge in [-0.3, -0.25) is 9.59 Å². The first-order valence-electron chi connectivity index (χ1n) is 9.56. The number of halogens is 2. The van der Waals surface area contributed by atoms with Crippen molar-refractivity contribution in [1.82, 2.24) is 9.80 Å². The zero-order chi connectivity index (χ0) is 22.3. The van der Waals surface area contributed by atoms with Crippen LogP contribution in [0.15, 0.2) is 42.0 Å². The number of hydrogen-bond acceptors (Lipinski definition) is 6. The first-order valence-corrected chi connectivity index (χ1v) is 10.3. The highest BCUT2D eigenvalue weighted by Crippen LogP contribution is 2.42. The predicted octanol–water partition coefficient (Wildman–Crippen LogP) is 3.71. The maximum atomic E-state index is 13.0. The van der Waals surface area contributed by atoms with Crippen molar-refractivity contribution >= 4 is 40.7 Å². The van der Waals surface area contributed by atoms with E-state index in [-0.39, 0.29) is 18.1 Å². The number of likely N-dealkylation sites (N-methyl/N-ethyl adjacent to an activating group) is 1. The Morgan fingerprint density at radius 1 is 1.10 bits per heavy atom. The van der Waals surface area contributed by atoms with Gasteiger partial charge < -0.3 is 24.4 Å². The van der Waals surface area contributed by atoms with E-state index in [1.165, 1.54) is 4.90 Å². The van der Waals surface area contributed by atoms with E-state index in [0.29, 0.717) is 45.8 Å². The Hall–Kier alpha value is -2.74. The summed E-state index contributed by atoms with van der Waals surface area (Å²) in [5, 5.41) is 11.7. The Kier molecular flexibility index (Phi) is 5.83. The minimum absolute atomic E-state index is 0.0130. The number of benzene rings is 2. The van der Waals surface area contributed by atoms with E-state index in [1.807, 2.05) is 19.0 Å². The van der Waals surface area contributed by atoms with Crippen molar-refractivity contribution in [2.75, 3.05) is 34.0 Å². The van der Waals surface area contributed by atoms with Gasteiger partial charge in [-0.15, -0.1) is 0 Å². The van der Waals surface area contributed by atoms with Crippen LogP contribution in [0, 0.1) is 0 Å². The van der Waals surface area contributed by atoms with Crippen molar-refractivity contribution in [3.63, 3.8) is 0 Å². The number of nitrogens with zero attached hydrogens (tertiary/aromatic N) is 2. The molecule has 1 amide bonds. The molecule has 9 heteroatoms. The van der Waals surface area contributed by atoms with Crippen molar-refractivity contribution in [3.05, 3.63) is 63.1 Å². The number of ether oxygens (including phenoxy) is 2. The summed E-state index contributed by atoms with van der Waals surface area (Å²) in [5.74, 6) is -0.730. The molecule has 0 spiro atoms. The molecule has 1 unspecified atom stereocenters. The summed E-state index contributed by atoms with van der Waals surface area (Å²) >= 11 is 12.3. The van der Waals surface area contributed by atoms with Gasteiger partial charge in [0.05, 0.1) is 21.7 Å². The molecule has 2 aromatic rings. The molecular weight excluding hydrogens is 443 g/mol. The van der Waals surface area contributed by atoms with Gasteiger partial charge in [-0.2, -0.15) is 0 Å². The summed E-state index contributed by atoms with van der Waals surface area (Å²) in [6.07, 6.45) is 0. The monoisotopic (exact) mass is 462 g/mol. The smallest absolute Gasteiger partial charge is 0.295 e. The Morgan fingerprint density at radius 3 is 2.55 bits per heavy atom. The molecule has 2 heterocycles. The van der Waals surface area contributed by atoms with Gasteiger partial charge in [0.15, 0.2) is 11.5 Å². The zero-order valence-electron chi connectivity index (χ0n) is 16.9. The van der Waals surface area contributed by atoms with Gasteiger partial charge in [0.2, 0.25) is 6.79 Å². The number of aliphatic hydroxyl groups excluding tert-OH is 1. The molecule has 0 radical (unpaired) electrons. The molecule has 4 rings (SSSR count). The molecule has 0 aromatic heterocycles. The number of carbonyl (C=O) groups excluding carboxylic acids is 2. The molecule has 31 heavy (non-hydrogen) atoms. The van der Waals surface area contributed by atoms with Crippen LogP contribution in [0.3, 0.4) is 0 Å². The molecule has 7 nitrogen and oxygen atoms in total. The second kappa shape index (κ2) is 8.42. The number of carbonyl (C=O) groups is 2. The number of amides is 1. The second-order valence-electron chi connectivity index (χ2n) is 7.54. The first kappa shape index (κ1) is 21.5. The highest BCUT2D eigenvalue weighted by Gasteiger charge is 2.46. The molecule has 2 aliphatic rings. The lowest BCUT2D eigenvalue weighted by Gasteiger charge is -2.26. The van der Waals surface area contributed by atoms with Crippen LogP contribution in [0.5, 0.6) is 11.5 Å². The highest BCUT2D eigenvalue weighted by atomic mass is 35.5. The molecule has 0 aliphatic carbocycles. The van der Waals surface area contributed by atoms with E-state index < -0.39 is 17.7 Å². The van der Waals surface area contributed by atoms with Crippen LogP contribution >= 0.6 is 23.2 Å². The third-order valence-electron chi connectivity index (χ3n) is 5.23. The van der Waals surface area contributed by atoms with Crippen LogP contribution in [-0.2, 0) is 9.59 Å². The minimum Gasteiger partial charge on any atom is -0.507 e. The molecule has 1 fully saturated rings. The standard InChI is InChI=1S/C22H20Cl2N2O5/c1-25(2)7-8-26-19(12-3-5-14(23)15(24)9-12)18(21(28)22(26)29)20(27)13-4-6-16-17(10-13)31-11-30-16/h3-6,9-10,19,27H,7-8,11H2,1-2H3/b20-18+. The van der Waals surface area contributed by atoms with Gasteiger partial charge in [0.25, 0.3) is 11.7 Å². The van der Waals surface area contributed by atoms with Crippen LogP contribution in [0.25, 0.3) is 5.76 Å². The van der Waals surface area contributed by atoms with E-state index >= 15 is 0 Å². The number of likely N-dealkylation sites (tertiary alicyclic amines) is 1. The zero-order valence-corrected chi connectivity index (χ0v) is 18.4. The van der Waals surface area contributed by atoms with E-state index in [4.69, 9.17) is 32.7 Å². The van der Waals surface area contributed by atoms with Gasteiger partial charge >= 0.3 is 0 Å². The minimum atomic E-state index is -0.805. The van der Waals surface area contributed by atoms with Crippen LogP contribution in [0.4, 0.5) is 0 Å². The van der Waals surface area contributed by atoms with Crippen LogP contribution < -0.4 is 9.47 Å². The van der Waals surface area contributed by atoms with Gasteiger partial charge in [0.1, 0.15) is 5.76 Å². The van der Waals surface area contributed by atoms with Crippen molar-refractivity contribution in [2.45, 2.75) is 6.04 Å². The van der Waals surface area contributed by atoms with Crippen molar-refractivity contribution in [3.8, 4) is 11.5 Å². The average Bonchev–Trinajstić information content (AvgIpc) is 3.30. The quantitative estimate of drug-likeness (QED) is 0.414. The molecular formula is C22H20Cl2N2O5. The predicted molar refractivity (Wildman–Crippen MR) is 117 cm³/mol. The molecule has 2 aromatic carbocycles. The molecule has 0 saturated carbocycles. The van der Waals surface area contributed by atoms with Gasteiger partial charge in [0, 0.05) is 18.7 Å². The van der Waals surface area contributed by atoms with Crippen LogP contribution in [-0.4, -0.2) is 60.6 Å². The van der Waals surface area contributed by atoms with E-state index in [2.05, 4.69) is 0 Å². The van der Waals surface area contributed by atoms with Crippen molar-refractivity contribution in [1.29, 1.82) is 0 Å². The summed E-state index contributed by atoms with van der Waals surface area (Å²) in [4.78, 5) is 29.3. The first-order chi connectivity index (χ1) is 14.8. The van der Waals surface area contributed by atoms with Crippen molar-refractivity contribution < 1.29 is 24.2 Å². The number of ketones is 1. The molecule has 1 atom stereocenters. The second-order valence-corrected chi connectivity index (χ2v) is 8.35. The summed E-state index contributed by atoms with van der Waals surface area (Å²) in [7, 11) is 3.74. The fraction of sp³-hybridized carbons (Fsp3) is 0.273. The lowest BCUT2D eigenvalue weighted by molar-refractivity contribution is -0.140. The van der Waals surface area contributed by atoms with Crippen LogP contribution in [0.1, 0.15) is 17.2 Å². The summed E-state index contributed by atoms with van der Waals surface area (Å²) in [6.45, 7) is 0.910. The number of hydrogen-bond donors (Lipinski definition) is 1. The van der Waals surface area contributed by atoms with E-state index in [1.54, 1.807) is 36.4 Å². The SMILES string of the molecule is CN(C)CCN1C(=O)C(=O)/C(=C(/O)c2ccc3c(c2)OCO3)C1c1ccc(Cl)c(Cl)c1. The lowest BCUT2D eigenvalue weighted by atomic mass is 9.95. The fourth-order valence-corrected chi connectivity index (χ4v) is 3.95. The molecule has 1 N–H and O–H groups in total. The molecule has 2 aliphatic heterocycles. The van der Waals surface area contributed by atoms with Crippen LogP contribution in [0.2, 0.25) is 10.0 Å². The Balaban J connectivity index is 1.84. The number of aliphatic hydroxyl groups is 1. The van der Waals surface area contributed by atoms with E-state index in [0.717, 1.165) is 0 Å².